The summed E-state index contributed by atoms with van der Waals surface area (Å²) < 4.78 is 16.4. The van der Waals surface area contributed by atoms with E-state index >= 15 is 0 Å². The van der Waals surface area contributed by atoms with Crippen LogP contribution in [0.5, 0.6) is 23.0 Å². The fourth-order valence-electron chi connectivity index (χ4n) is 2.27. The van der Waals surface area contributed by atoms with Crippen molar-refractivity contribution in [3.05, 3.63) is 48.0 Å². The summed E-state index contributed by atoms with van der Waals surface area (Å²) in [5, 5.41) is 13.6. The van der Waals surface area contributed by atoms with Gasteiger partial charge in [-0.3, -0.25) is 4.79 Å². The first-order valence-corrected chi connectivity index (χ1v) is 7.84. The monoisotopic (exact) mass is 342 g/mol. The Morgan fingerprint density at radius 2 is 2.16 bits per heavy atom. The number of para-hydroxylation sites is 2. The van der Waals surface area contributed by atoms with Gasteiger partial charge in [0.2, 0.25) is 6.10 Å². The summed E-state index contributed by atoms with van der Waals surface area (Å²) in [4.78, 5) is 12.1. The van der Waals surface area contributed by atoms with Crippen molar-refractivity contribution in [2.75, 3.05) is 13.2 Å². The summed E-state index contributed by atoms with van der Waals surface area (Å²) in [7, 11) is 0. The van der Waals surface area contributed by atoms with Crippen molar-refractivity contribution in [3.63, 3.8) is 0 Å². The Morgan fingerprint density at radius 1 is 1.36 bits per heavy atom. The van der Waals surface area contributed by atoms with Crippen LogP contribution in [0.15, 0.2) is 47.6 Å². The van der Waals surface area contributed by atoms with Crippen LogP contribution >= 0.6 is 0 Å². The van der Waals surface area contributed by atoms with E-state index in [0.717, 1.165) is 0 Å². The maximum absolute atomic E-state index is 12.1. The molecule has 0 fully saturated rings. The van der Waals surface area contributed by atoms with Crippen molar-refractivity contribution in [3.8, 4) is 23.0 Å². The Bertz CT molecular complexity index is 791. The lowest BCUT2D eigenvalue weighted by atomic mass is 10.2. The van der Waals surface area contributed by atoms with E-state index in [-0.39, 0.29) is 12.4 Å². The molecule has 2 N–H and O–H groups in total. The highest BCUT2D eigenvalue weighted by atomic mass is 16.6. The van der Waals surface area contributed by atoms with Gasteiger partial charge in [0, 0.05) is 0 Å². The molecular formula is C18H18N2O5. The highest BCUT2D eigenvalue weighted by Crippen LogP contribution is 2.30. The number of rotatable bonds is 5. The molecule has 0 radical (unpaired) electrons. The molecule has 0 unspecified atom stereocenters. The van der Waals surface area contributed by atoms with Crippen molar-refractivity contribution in [2.24, 2.45) is 5.10 Å². The molecule has 7 heteroatoms. The molecule has 7 nitrogen and oxygen atoms in total. The number of fused-ring (bicyclic) bond motifs is 1. The Labute approximate surface area is 144 Å². The van der Waals surface area contributed by atoms with Gasteiger partial charge >= 0.3 is 0 Å². The third kappa shape index (κ3) is 4.00. The van der Waals surface area contributed by atoms with E-state index < -0.39 is 12.0 Å². The van der Waals surface area contributed by atoms with E-state index in [1.807, 2.05) is 13.0 Å². The molecule has 0 saturated carbocycles. The second-order valence-corrected chi connectivity index (χ2v) is 5.26. The van der Waals surface area contributed by atoms with Gasteiger partial charge in [0.1, 0.15) is 6.61 Å². The topological polar surface area (TPSA) is 89.4 Å². The lowest BCUT2D eigenvalue weighted by Gasteiger charge is -2.24. The van der Waals surface area contributed by atoms with Crippen molar-refractivity contribution < 1.29 is 24.1 Å². The molecule has 1 atom stereocenters. The number of nitrogens with zero attached hydrogens (tertiary/aromatic N) is 1. The highest BCUT2D eigenvalue weighted by Gasteiger charge is 2.26. The highest BCUT2D eigenvalue weighted by molar-refractivity contribution is 5.85. The van der Waals surface area contributed by atoms with Gasteiger partial charge in [-0.05, 0) is 42.8 Å². The first-order valence-electron chi connectivity index (χ1n) is 7.84. The predicted octanol–water partition coefficient (Wildman–Crippen LogP) is 2.08. The Kier molecular flexibility index (Phi) is 5.03. The number of phenols is 1. The van der Waals surface area contributed by atoms with E-state index in [9.17, 15) is 9.90 Å². The van der Waals surface area contributed by atoms with Gasteiger partial charge in [-0.2, -0.15) is 5.10 Å². The molecule has 25 heavy (non-hydrogen) atoms. The van der Waals surface area contributed by atoms with Crippen LogP contribution in [0.4, 0.5) is 0 Å². The van der Waals surface area contributed by atoms with Gasteiger partial charge < -0.3 is 19.3 Å². The Hall–Kier alpha value is -3.22. The second kappa shape index (κ2) is 7.57. The van der Waals surface area contributed by atoms with E-state index in [0.29, 0.717) is 29.4 Å². The third-order valence-corrected chi connectivity index (χ3v) is 3.47. The first-order chi connectivity index (χ1) is 12.2. The standard InChI is InChI=1S/C18H18N2O5/c1-2-23-16-9-12(7-8-13(16)21)10-19-20-18(22)17-11-24-14-5-3-4-6-15(14)25-17/h3-10,17,21H,2,11H2,1H3,(H,20,22)/b19-10-/t17-/m1/s1. The van der Waals surface area contributed by atoms with E-state index in [4.69, 9.17) is 14.2 Å². The number of amides is 1. The normalized spacial score (nSPS) is 15.8. The lowest BCUT2D eigenvalue weighted by molar-refractivity contribution is -0.130. The quantitative estimate of drug-likeness (QED) is 0.641. The second-order valence-electron chi connectivity index (χ2n) is 5.26. The fraction of sp³-hybridized carbons (Fsp3) is 0.222. The van der Waals surface area contributed by atoms with Crippen molar-refractivity contribution in [2.45, 2.75) is 13.0 Å². The molecule has 0 saturated heterocycles. The molecule has 130 valence electrons. The summed E-state index contributed by atoms with van der Waals surface area (Å²) in [6, 6.07) is 12.0. The molecule has 1 heterocycles. The number of carbonyl (C=O) groups is 1. The Balaban J connectivity index is 1.59. The van der Waals surface area contributed by atoms with Crippen molar-refractivity contribution in [1.29, 1.82) is 0 Å². The number of hydrogen-bond acceptors (Lipinski definition) is 6. The molecule has 3 rings (SSSR count). The largest absolute Gasteiger partial charge is 0.504 e. The van der Waals surface area contributed by atoms with Crippen LogP contribution in [0, 0.1) is 0 Å². The molecule has 0 bridgehead atoms. The molecule has 0 aliphatic carbocycles. The maximum atomic E-state index is 12.1. The smallest absolute Gasteiger partial charge is 0.284 e. The first kappa shape index (κ1) is 16.6. The molecular weight excluding hydrogens is 324 g/mol. The number of phenolic OH excluding ortho intramolecular Hbond substituents is 1. The Morgan fingerprint density at radius 3 is 2.96 bits per heavy atom. The van der Waals surface area contributed by atoms with Crippen LogP contribution < -0.4 is 19.6 Å². The van der Waals surface area contributed by atoms with Crippen LogP contribution in [0.1, 0.15) is 12.5 Å². The van der Waals surface area contributed by atoms with E-state index in [2.05, 4.69) is 10.5 Å². The summed E-state index contributed by atoms with van der Waals surface area (Å²) in [5.74, 6) is 1.14. The predicted molar refractivity (Wildman–Crippen MR) is 91.4 cm³/mol. The average molecular weight is 342 g/mol. The lowest BCUT2D eigenvalue weighted by Crippen LogP contribution is -2.42. The number of hydrazone groups is 1. The van der Waals surface area contributed by atoms with Gasteiger partial charge in [-0.15, -0.1) is 0 Å². The van der Waals surface area contributed by atoms with Gasteiger partial charge in [-0.25, -0.2) is 5.43 Å². The molecule has 1 amide bonds. The van der Waals surface area contributed by atoms with Crippen LogP contribution in [-0.4, -0.2) is 36.5 Å². The van der Waals surface area contributed by atoms with Crippen LogP contribution in [0.2, 0.25) is 0 Å². The number of carbonyl (C=O) groups excluding carboxylic acids is 1. The van der Waals surface area contributed by atoms with Gasteiger partial charge in [0.05, 0.1) is 12.8 Å². The van der Waals surface area contributed by atoms with Crippen LogP contribution in [0.3, 0.4) is 0 Å². The number of nitrogens with one attached hydrogen (secondary N) is 1. The minimum Gasteiger partial charge on any atom is -0.504 e. The average Bonchev–Trinajstić information content (AvgIpc) is 2.64. The summed E-state index contributed by atoms with van der Waals surface area (Å²) >= 11 is 0. The molecule has 0 aromatic heterocycles. The van der Waals surface area contributed by atoms with Gasteiger partial charge in [-0.1, -0.05) is 12.1 Å². The number of hydrogen-bond donors (Lipinski definition) is 2. The zero-order valence-electron chi connectivity index (χ0n) is 13.6. The van der Waals surface area contributed by atoms with Crippen molar-refractivity contribution in [1.82, 2.24) is 5.43 Å². The summed E-state index contributed by atoms with van der Waals surface area (Å²) in [5.41, 5.74) is 3.09. The SMILES string of the molecule is CCOc1cc(/C=N\NC(=O)[C@H]2COc3ccccc3O2)ccc1O. The summed E-state index contributed by atoms with van der Waals surface area (Å²) in [6.45, 7) is 2.38. The van der Waals surface area contributed by atoms with Crippen LogP contribution in [-0.2, 0) is 4.79 Å². The van der Waals surface area contributed by atoms with E-state index in [1.165, 1.54) is 12.3 Å². The molecule has 2 aromatic carbocycles. The maximum Gasteiger partial charge on any atom is 0.284 e. The van der Waals surface area contributed by atoms with Crippen LogP contribution in [0.25, 0.3) is 0 Å². The molecule has 1 aliphatic heterocycles. The molecule has 0 spiro atoms. The molecule has 2 aromatic rings. The summed E-state index contributed by atoms with van der Waals surface area (Å²) in [6.07, 6.45) is 0.683. The fourth-order valence-corrected chi connectivity index (χ4v) is 2.27. The van der Waals surface area contributed by atoms with Gasteiger partial charge in [0.15, 0.2) is 23.0 Å². The van der Waals surface area contributed by atoms with E-state index in [1.54, 1.807) is 30.3 Å². The number of ether oxygens (including phenoxy) is 3. The molecule has 1 aliphatic rings. The third-order valence-electron chi connectivity index (χ3n) is 3.47. The minimum atomic E-state index is -0.772. The van der Waals surface area contributed by atoms with Crippen molar-refractivity contribution >= 4 is 12.1 Å². The zero-order chi connectivity index (χ0) is 17.6. The minimum absolute atomic E-state index is 0.0504. The zero-order valence-corrected chi connectivity index (χ0v) is 13.6. The van der Waals surface area contributed by atoms with Gasteiger partial charge in [0.25, 0.3) is 5.91 Å². The number of aromatic hydroxyl groups is 1. The number of benzene rings is 2.